The van der Waals surface area contributed by atoms with Gasteiger partial charge in [0.2, 0.25) is 10.0 Å². The summed E-state index contributed by atoms with van der Waals surface area (Å²) in [4.78, 5) is 11.9. The number of ether oxygens (including phenoxy) is 1. The van der Waals surface area contributed by atoms with Crippen molar-refractivity contribution in [1.82, 2.24) is 5.32 Å². The maximum absolute atomic E-state index is 12.1. The fraction of sp³-hybridized carbons (Fsp3) is 0.583. The number of furan rings is 1. The number of sulfonamides is 1. The Balaban J connectivity index is 2.18. The Morgan fingerprint density at radius 3 is 2.70 bits per heavy atom. The van der Waals surface area contributed by atoms with Crippen molar-refractivity contribution in [2.24, 2.45) is 5.14 Å². The van der Waals surface area contributed by atoms with Gasteiger partial charge in [-0.2, -0.15) is 0 Å². The maximum atomic E-state index is 12.1. The Morgan fingerprint density at radius 1 is 1.50 bits per heavy atom. The van der Waals surface area contributed by atoms with E-state index in [1.54, 1.807) is 0 Å². The summed E-state index contributed by atoms with van der Waals surface area (Å²) in [6, 6.07) is 1.15. The number of amides is 1. The first kappa shape index (κ1) is 15.0. The van der Waals surface area contributed by atoms with Crippen LogP contribution in [0.15, 0.2) is 15.4 Å². The minimum Gasteiger partial charge on any atom is -0.455 e. The molecule has 1 fully saturated rings. The van der Waals surface area contributed by atoms with Gasteiger partial charge in [0.15, 0.2) is 5.76 Å². The molecular formula is C12H18N2O5S. The molecule has 0 saturated carbocycles. The van der Waals surface area contributed by atoms with E-state index in [-0.39, 0.29) is 16.4 Å². The first-order valence-corrected chi connectivity index (χ1v) is 7.79. The van der Waals surface area contributed by atoms with Crippen LogP contribution < -0.4 is 10.5 Å². The molecule has 1 aromatic heterocycles. The summed E-state index contributed by atoms with van der Waals surface area (Å²) < 4.78 is 33.1. The fourth-order valence-electron chi connectivity index (χ4n) is 2.23. The van der Waals surface area contributed by atoms with E-state index in [1.807, 2.05) is 6.92 Å². The third kappa shape index (κ3) is 3.20. The Bertz CT molecular complexity index is 614. The maximum Gasteiger partial charge on any atom is 0.287 e. The molecule has 0 spiro atoms. The van der Waals surface area contributed by atoms with Crippen molar-refractivity contribution in [2.75, 3.05) is 13.2 Å². The van der Waals surface area contributed by atoms with Gasteiger partial charge in [-0.15, -0.1) is 0 Å². The smallest absolute Gasteiger partial charge is 0.287 e. The fourth-order valence-corrected chi connectivity index (χ4v) is 2.94. The molecule has 1 saturated heterocycles. The molecule has 2 heterocycles. The molecule has 2 rings (SSSR count). The number of nitrogens with one attached hydrogen (secondary N) is 1. The van der Waals surface area contributed by atoms with E-state index in [2.05, 4.69) is 5.32 Å². The molecule has 20 heavy (non-hydrogen) atoms. The topological polar surface area (TPSA) is 112 Å². The highest BCUT2D eigenvalue weighted by molar-refractivity contribution is 7.89. The molecule has 112 valence electrons. The van der Waals surface area contributed by atoms with Gasteiger partial charge >= 0.3 is 0 Å². The zero-order valence-corrected chi connectivity index (χ0v) is 12.2. The molecule has 0 aliphatic carbocycles. The molecular weight excluding hydrogens is 284 g/mol. The predicted octanol–water partition coefficient (Wildman–Crippen LogP) is 0.534. The second-order valence-corrected chi connectivity index (χ2v) is 6.78. The summed E-state index contributed by atoms with van der Waals surface area (Å²) in [7, 11) is -3.89. The van der Waals surface area contributed by atoms with Gasteiger partial charge in [0, 0.05) is 12.7 Å². The minimum atomic E-state index is -3.89. The summed E-state index contributed by atoms with van der Waals surface area (Å²) in [5.41, 5.74) is -0.474. The molecule has 0 radical (unpaired) electrons. The van der Waals surface area contributed by atoms with Gasteiger partial charge in [0.05, 0.1) is 12.1 Å². The molecule has 0 aromatic carbocycles. The van der Waals surface area contributed by atoms with E-state index >= 15 is 0 Å². The number of rotatable bonds is 3. The molecule has 8 heteroatoms. The van der Waals surface area contributed by atoms with Gasteiger partial charge in [-0.25, -0.2) is 13.6 Å². The van der Waals surface area contributed by atoms with E-state index < -0.39 is 21.5 Å². The monoisotopic (exact) mass is 302 g/mol. The van der Waals surface area contributed by atoms with Crippen LogP contribution in [0.25, 0.3) is 0 Å². The quantitative estimate of drug-likeness (QED) is 0.846. The van der Waals surface area contributed by atoms with Crippen LogP contribution in [-0.2, 0) is 14.8 Å². The Hall–Kier alpha value is -1.38. The van der Waals surface area contributed by atoms with Gasteiger partial charge in [0.1, 0.15) is 10.7 Å². The van der Waals surface area contributed by atoms with E-state index in [0.717, 1.165) is 18.9 Å². The largest absolute Gasteiger partial charge is 0.455 e. The molecule has 3 N–H and O–H groups in total. The van der Waals surface area contributed by atoms with Crippen molar-refractivity contribution < 1.29 is 22.4 Å². The van der Waals surface area contributed by atoms with Crippen molar-refractivity contribution in [3.63, 3.8) is 0 Å². The van der Waals surface area contributed by atoms with Gasteiger partial charge in [-0.1, -0.05) is 0 Å². The molecule has 1 aliphatic heterocycles. The molecule has 1 atom stereocenters. The summed E-state index contributed by atoms with van der Waals surface area (Å²) in [6.45, 7) is 4.42. The predicted molar refractivity (Wildman–Crippen MR) is 70.7 cm³/mol. The van der Waals surface area contributed by atoms with Crippen LogP contribution >= 0.6 is 0 Å². The molecule has 1 amide bonds. The van der Waals surface area contributed by atoms with E-state index in [1.165, 1.54) is 6.92 Å². The zero-order chi connectivity index (χ0) is 15.0. The zero-order valence-electron chi connectivity index (χ0n) is 11.4. The van der Waals surface area contributed by atoms with Crippen molar-refractivity contribution >= 4 is 15.9 Å². The summed E-state index contributed by atoms with van der Waals surface area (Å²) in [5.74, 6) is -0.447. The van der Waals surface area contributed by atoms with Gasteiger partial charge < -0.3 is 14.5 Å². The lowest BCUT2D eigenvalue weighted by Gasteiger charge is -2.33. The number of hydrogen-bond acceptors (Lipinski definition) is 5. The first-order chi connectivity index (χ1) is 9.21. The lowest BCUT2D eigenvalue weighted by Crippen LogP contribution is -2.51. The van der Waals surface area contributed by atoms with Gasteiger partial charge in [-0.05, 0) is 26.7 Å². The molecule has 7 nitrogen and oxygen atoms in total. The van der Waals surface area contributed by atoms with Crippen molar-refractivity contribution in [3.8, 4) is 0 Å². The van der Waals surface area contributed by atoms with Crippen LogP contribution in [0.5, 0.6) is 0 Å². The second-order valence-electron chi connectivity index (χ2n) is 5.25. The summed E-state index contributed by atoms with van der Waals surface area (Å²) >= 11 is 0. The number of nitrogens with two attached hydrogens (primary N) is 1. The van der Waals surface area contributed by atoms with Crippen LogP contribution in [-0.4, -0.2) is 33.1 Å². The summed E-state index contributed by atoms with van der Waals surface area (Å²) in [6.07, 6.45) is 1.65. The standard InChI is InChI=1S/C12H18N2O5S/c1-8-10(20(13,16)17)6-9(19-8)11(15)14-12(2)4-3-5-18-7-12/h6H,3-5,7H2,1-2H3,(H,14,15)(H2,13,16,17). The van der Waals surface area contributed by atoms with Gasteiger partial charge in [0.25, 0.3) is 5.91 Å². The number of carbonyl (C=O) groups excluding carboxylic acids is 1. The molecule has 0 bridgehead atoms. The lowest BCUT2D eigenvalue weighted by atomic mass is 9.95. The minimum absolute atomic E-state index is 0.0710. The molecule has 1 aromatic rings. The SMILES string of the molecule is Cc1oc(C(=O)NC2(C)CCCOC2)cc1S(N)(=O)=O. The highest BCUT2D eigenvalue weighted by Crippen LogP contribution is 2.22. The second kappa shape index (κ2) is 5.19. The highest BCUT2D eigenvalue weighted by atomic mass is 32.2. The van der Waals surface area contributed by atoms with E-state index in [4.69, 9.17) is 14.3 Å². The first-order valence-electron chi connectivity index (χ1n) is 6.25. The van der Waals surface area contributed by atoms with Crippen molar-refractivity contribution in [2.45, 2.75) is 37.1 Å². The number of carbonyl (C=O) groups is 1. The third-order valence-corrected chi connectivity index (χ3v) is 4.27. The van der Waals surface area contributed by atoms with Crippen LogP contribution in [0, 0.1) is 6.92 Å². The average molecular weight is 302 g/mol. The van der Waals surface area contributed by atoms with E-state index in [9.17, 15) is 13.2 Å². The average Bonchev–Trinajstić information content (AvgIpc) is 2.71. The van der Waals surface area contributed by atoms with Crippen LogP contribution in [0.3, 0.4) is 0 Å². The number of aryl methyl sites for hydroxylation is 1. The van der Waals surface area contributed by atoms with Crippen LogP contribution in [0.1, 0.15) is 36.1 Å². The highest BCUT2D eigenvalue weighted by Gasteiger charge is 2.31. The Kier molecular flexibility index (Phi) is 3.90. The lowest BCUT2D eigenvalue weighted by molar-refractivity contribution is 0.0265. The van der Waals surface area contributed by atoms with Crippen molar-refractivity contribution in [3.05, 3.63) is 17.6 Å². The summed E-state index contributed by atoms with van der Waals surface area (Å²) in [5, 5.41) is 7.85. The van der Waals surface area contributed by atoms with Crippen LogP contribution in [0.2, 0.25) is 0 Å². The number of primary sulfonamides is 1. The van der Waals surface area contributed by atoms with E-state index in [0.29, 0.717) is 13.2 Å². The molecule has 1 unspecified atom stereocenters. The third-order valence-electron chi connectivity index (χ3n) is 3.26. The Labute approximate surface area is 117 Å². The van der Waals surface area contributed by atoms with Crippen LogP contribution in [0.4, 0.5) is 0 Å². The normalized spacial score (nSPS) is 23.6. The number of hydrogen-bond donors (Lipinski definition) is 2. The van der Waals surface area contributed by atoms with Gasteiger partial charge in [-0.3, -0.25) is 4.79 Å². The Morgan fingerprint density at radius 2 is 2.20 bits per heavy atom. The van der Waals surface area contributed by atoms with Crippen molar-refractivity contribution in [1.29, 1.82) is 0 Å². The molecule has 1 aliphatic rings.